The van der Waals surface area contributed by atoms with E-state index in [1.54, 1.807) is 11.1 Å². The summed E-state index contributed by atoms with van der Waals surface area (Å²) in [7, 11) is -0.331. The van der Waals surface area contributed by atoms with Gasteiger partial charge >= 0.3 is 0 Å². The lowest BCUT2D eigenvalue weighted by atomic mass is 9.59. The molecule has 20 atom stereocenters. The summed E-state index contributed by atoms with van der Waals surface area (Å²) in [6, 6.07) is 58.4. The number of benzene rings is 6. The first-order chi connectivity index (χ1) is 37.4. The lowest BCUT2D eigenvalue weighted by molar-refractivity contribution is -0.228. The first-order valence-electron chi connectivity index (χ1n) is 30.7. The second-order valence-electron chi connectivity index (χ2n) is 27.6. The van der Waals surface area contributed by atoms with Crippen molar-refractivity contribution < 1.29 is 9.47 Å². The maximum absolute atomic E-state index is 8.17. The maximum atomic E-state index is 8.17. The van der Waals surface area contributed by atoms with E-state index in [9.17, 15) is 0 Å². The van der Waals surface area contributed by atoms with Crippen LogP contribution in [0, 0.1) is 41.4 Å². The van der Waals surface area contributed by atoms with Crippen LogP contribution in [0.5, 0.6) is 0 Å². The van der Waals surface area contributed by atoms with E-state index in [-0.39, 0.29) is 18.8 Å². The SMILES string of the molecule is CC1CC2OC3CC(C)CC4C3P3C2C(C1)N(c1ccc2c(c1)C1(c5ccccc5-c5ccccc51)c1ccccc1-2)C1CC(C)C2OC5CC6C7CCCCC7C7(c8ccccc8-c8ccccc87)C6CC5N4C2C13. The minimum Gasteiger partial charge on any atom is -0.374 e. The Bertz CT molecular complexity index is 3330. The molecule has 19 rings (SSSR count). The van der Waals surface area contributed by atoms with Gasteiger partial charge in [-0.1, -0.05) is 169 Å². The number of fused-ring (bicyclic) bond motifs is 23. The fourth-order valence-electron chi connectivity index (χ4n) is 22.9. The molecule has 76 heavy (non-hydrogen) atoms. The van der Waals surface area contributed by atoms with Crippen molar-refractivity contribution in [2.24, 2.45) is 41.4 Å². The molecule has 20 unspecified atom stereocenters. The van der Waals surface area contributed by atoms with Gasteiger partial charge in [-0.05, 0) is 178 Å². The van der Waals surface area contributed by atoms with Crippen LogP contribution in [0.2, 0.25) is 0 Å². The Hall–Kier alpha value is -4.57. The van der Waals surface area contributed by atoms with Gasteiger partial charge in [-0.2, -0.15) is 0 Å². The van der Waals surface area contributed by atoms with E-state index >= 15 is 0 Å². The number of hydrogen-bond acceptors (Lipinski definition) is 4. The Kier molecular flexibility index (Phi) is 8.98. The summed E-state index contributed by atoms with van der Waals surface area (Å²) in [5, 5.41) is 0. The highest BCUT2D eigenvalue weighted by Crippen LogP contribution is 2.76. The second kappa shape index (κ2) is 15.4. The van der Waals surface area contributed by atoms with Crippen LogP contribution in [0.4, 0.5) is 5.69 Å². The largest absolute Gasteiger partial charge is 0.374 e. The molecular formula is C71H73N2O2P. The predicted octanol–water partition coefficient (Wildman–Crippen LogP) is 14.8. The van der Waals surface area contributed by atoms with E-state index < -0.39 is 0 Å². The Morgan fingerprint density at radius 1 is 0.447 bits per heavy atom. The number of nitrogens with zero attached hydrogens (tertiary/aromatic N) is 2. The highest BCUT2D eigenvalue weighted by molar-refractivity contribution is 7.60. The van der Waals surface area contributed by atoms with Crippen LogP contribution in [-0.4, -0.2) is 76.5 Å². The molecule has 6 saturated carbocycles. The quantitative estimate of drug-likeness (QED) is 0.153. The zero-order chi connectivity index (χ0) is 49.7. The van der Waals surface area contributed by atoms with Crippen molar-refractivity contribution in [1.82, 2.24) is 4.90 Å². The lowest BCUT2D eigenvalue weighted by Crippen LogP contribution is -2.83. The normalized spacial score (nSPS) is 41.9. The molecule has 0 N–H and O–H groups in total. The van der Waals surface area contributed by atoms with Crippen LogP contribution in [-0.2, 0) is 20.3 Å². The van der Waals surface area contributed by atoms with Crippen molar-refractivity contribution in [1.29, 1.82) is 0 Å². The molecule has 2 spiro atoms. The van der Waals surface area contributed by atoms with E-state index in [1.807, 2.05) is 0 Å². The van der Waals surface area contributed by atoms with Crippen molar-refractivity contribution in [2.45, 2.75) is 174 Å². The summed E-state index contributed by atoms with van der Waals surface area (Å²) >= 11 is 0. The van der Waals surface area contributed by atoms with E-state index in [2.05, 4.69) is 170 Å². The minimum absolute atomic E-state index is 0.0949. The predicted molar refractivity (Wildman–Crippen MR) is 307 cm³/mol. The maximum Gasteiger partial charge on any atom is 0.0768 e. The molecule has 9 aliphatic carbocycles. The number of ether oxygens (including phenoxy) is 2. The van der Waals surface area contributed by atoms with Gasteiger partial charge in [-0.3, -0.25) is 4.90 Å². The van der Waals surface area contributed by atoms with Gasteiger partial charge in [0.05, 0.1) is 29.8 Å². The van der Waals surface area contributed by atoms with Crippen molar-refractivity contribution in [3.8, 4) is 33.4 Å². The fraction of sp³-hybridized carbons (Fsp3) is 0.493. The Labute approximate surface area is 452 Å². The summed E-state index contributed by atoms with van der Waals surface area (Å²) in [6.07, 6.45) is 15.8. The van der Waals surface area contributed by atoms with E-state index in [1.165, 1.54) is 132 Å². The molecule has 4 nitrogen and oxygen atoms in total. The van der Waals surface area contributed by atoms with Crippen LogP contribution in [0.1, 0.15) is 125 Å². The number of rotatable bonds is 1. The van der Waals surface area contributed by atoms with Crippen LogP contribution in [0.15, 0.2) is 140 Å². The molecule has 0 aromatic heterocycles. The second-order valence-corrected chi connectivity index (χ2v) is 30.3. The molecule has 4 saturated heterocycles. The van der Waals surface area contributed by atoms with Gasteiger partial charge in [0, 0.05) is 58.3 Å². The smallest absolute Gasteiger partial charge is 0.0768 e. The van der Waals surface area contributed by atoms with E-state index in [0.29, 0.717) is 101 Å². The third-order valence-electron chi connectivity index (χ3n) is 24.7. The van der Waals surface area contributed by atoms with Gasteiger partial charge in [0.2, 0.25) is 0 Å². The molecule has 6 aromatic rings. The summed E-state index contributed by atoms with van der Waals surface area (Å²) in [5.41, 5.74) is 21.0. The zero-order valence-corrected chi connectivity index (χ0v) is 45.6. The Balaban J connectivity index is 0.789. The van der Waals surface area contributed by atoms with Gasteiger partial charge in [0.25, 0.3) is 0 Å². The van der Waals surface area contributed by atoms with Crippen molar-refractivity contribution in [3.63, 3.8) is 0 Å². The highest BCUT2D eigenvalue weighted by atomic mass is 31.1. The number of anilines is 1. The van der Waals surface area contributed by atoms with Crippen LogP contribution in [0.25, 0.3) is 33.4 Å². The first kappa shape index (κ1) is 44.3. The molecule has 5 heteroatoms. The summed E-state index contributed by atoms with van der Waals surface area (Å²) in [6.45, 7) is 7.85. The third kappa shape index (κ3) is 5.18. The topological polar surface area (TPSA) is 24.9 Å². The van der Waals surface area contributed by atoms with Gasteiger partial charge < -0.3 is 14.4 Å². The monoisotopic (exact) mass is 1020 g/mol. The first-order valence-corrected chi connectivity index (χ1v) is 32.2. The van der Waals surface area contributed by atoms with Gasteiger partial charge in [0.1, 0.15) is 0 Å². The van der Waals surface area contributed by atoms with E-state index in [4.69, 9.17) is 9.47 Å². The van der Waals surface area contributed by atoms with Gasteiger partial charge in [-0.15, -0.1) is 0 Å². The minimum atomic E-state index is -0.347. The Morgan fingerprint density at radius 3 is 1.63 bits per heavy atom. The number of morpholine rings is 1. The van der Waals surface area contributed by atoms with Crippen LogP contribution >= 0.6 is 7.92 Å². The summed E-state index contributed by atoms with van der Waals surface area (Å²) in [4.78, 5) is 6.57. The summed E-state index contributed by atoms with van der Waals surface area (Å²) < 4.78 is 16.1. The third-order valence-corrected chi connectivity index (χ3v) is 28.8. The summed E-state index contributed by atoms with van der Waals surface area (Å²) in [5.74, 6) is 4.68. The average molecular weight is 1020 g/mol. The lowest BCUT2D eigenvalue weighted by Gasteiger charge is -2.75. The standard InChI is InChI=1S/C71H73N2O2P/c1-38-30-59-67-63(32-38)74-64-33-39(2)31-60-68(64)76(67)69-61(72(59)41-28-29-48-46-20-8-14-26-54(46)70(56(48)35-41)50-22-10-4-16-42(50)43-17-5-11-23-51(43)70)34-40(3)66-65(69)73(60)58-37-57-49(36-62(58)75-66)47-21-9-15-27-55(47)71(57)52-24-12-6-18-44(52)45-19-7-13-25-53(45)71/h4-8,10-14,16-20,22-26,28-29,35,38-40,47,49,55,57-69H,9,15,21,27,30-34,36-37H2,1-3H3. The molecule has 384 valence electrons. The van der Waals surface area contributed by atoms with Gasteiger partial charge in [0.15, 0.2) is 0 Å². The highest BCUT2D eigenvalue weighted by Gasteiger charge is 2.74. The molecule has 0 radical (unpaired) electrons. The van der Waals surface area contributed by atoms with Crippen LogP contribution < -0.4 is 4.90 Å². The van der Waals surface area contributed by atoms with Crippen molar-refractivity contribution >= 4 is 13.6 Å². The fourth-order valence-corrected chi connectivity index (χ4v) is 28.0. The molecule has 4 heterocycles. The molecule has 4 aliphatic heterocycles. The molecule has 6 aromatic carbocycles. The van der Waals surface area contributed by atoms with Crippen molar-refractivity contribution in [3.05, 3.63) is 173 Å². The number of hydrogen-bond donors (Lipinski definition) is 0. The van der Waals surface area contributed by atoms with Crippen LogP contribution in [0.3, 0.4) is 0 Å². The molecule has 13 aliphatic rings. The molecule has 0 bridgehead atoms. The molecule has 0 amide bonds. The Morgan fingerprint density at radius 2 is 0.987 bits per heavy atom. The molecular weight excluding hydrogens is 944 g/mol. The van der Waals surface area contributed by atoms with Gasteiger partial charge in [-0.25, -0.2) is 0 Å². The molecule has 10 fully saturated rings. The van der Waals surface area contributed by atoms with E-state index in [0.717, 1.165) is 11.8 Å². The van der Waals surface area contributed by atoms with Crippen molar-refractivity contribution in [2.75, 3.05) is 4.90 Å². The average Bonchev–Trinajstić information content (AvgIpc) is 4.13. The zero-order valence-electron chi connectivity index (χ0n) is 44.7.